The van der Waals surface area contributed by atoms with Gasteiger partial charge in [0.2, 0.25) is 0 Å². The zero-order valence-corrected chi connectivity index (χ0v) is 12.3. The van der Waals surface area contributed by atoms with Crippen LogP contribution in [0.25, 0.3) is 0 Å². The van der Waals surface area contributed by atoms with E-state index in [0.717, 1.165) is 6.04 Å². The fourth-order valence-corrected chi connectivity index (χ4v) is 3.87. The fraction of sp³-hybridized carbons (Fsp3) is 1.00. The second kappa shape index (κ2) is 6.91. The third kappa shape index (κ3) is 3.96. The summed E-state index contributed by atoms with van der Waals surface area (Å²) < 4.78 is 0. The van der Waals surface area contributed by atoms with Crippen LogP contribution in [0.4, 0.5) is 0 Å². The number of likely N-dealkylation sites (tertiary alicyclic amines) is 1. The lowest BCUT2D eigenvalue weighted by Gasteiger charge is -2.37. The van der Waals surface area contributed by atoms with Crippen molar-refractivity contribution in [3.05, 3.63) is 0 Å². The van der Waals surface area contributed by atoms with Gasteiger partial charge in [-0.05, 0) is 45.1 Å². The molecule has 2 rings (SSSR count). The molecule has 0 aromatic carbocycles. The predicted octanol–water partition coefficient (Wildman–Crippen LogP) is 3.69. The highest BCUT2D eigenvalue weighted by Gasteiger charge is 2.29. The standard InChI is InChI=1S/C16H32N2/c1-2-15-9-5-3-8-13-18(15)14-12-16(17)10-6-4-7-11-16/h15H,2-14,17H2,1H3. The molecule has 1 unspecified atom stereocenters. The van der Waals surface area contributed by atoms with E-state index in [9.17, 15) is 0 Å². The van der Waals surface area contributed by atoms with Gasteiger partial charge in [-0.3, -0.25) is 0 Å². The molecule has 0 amide bonds. The van der Waals surface area contributed by atoms with E-state index in [4.69, 9.17) is 5.73 Å². The summed E-state index contributed by atoms with van der Waals surface area (Å²) in [5, 5.41) is 0. The van der Waals surface area contributed by atoms with Crippen molar-refractivity contribution in [3.8, 4) is 0 Å². The smallest absolute Gasteiger partial charge is 0.0166 e. The first-order chi connectivity index (χ1) is 8.73. The summed E-state index contributed by atoms with van der Waals surface area (Å²) in [5.74, 6) is 0. The molecule has 2 nitrogen and oxygen atoms in total. The number of nitrogens with two attached hydrogens (primary N) is 1. The van der Waals surface area contributed by atoms with Gasteiger partial charge < -0.3 is 10.6 Å². The summed E-state index contributed by atoms with van der Waals surface area (Å²) in [4.78, 5) is 2.75. The van der Waals surface area contributed by atoms with E-state index < -0.39 is 0 Å². The van der Waals surface area contributed by atoms with Crippen molar-refractivity contribution >= 4 is 0 Å². The number of rotatable bonds is 4. The molecule has 1 heterocycles. The zero-order chi connectivity index (χ0) is 12.8. The largest absolute Gasteiger partial charge is 0.325 e. The van der Waals surface area contributed by atoms with Crippen LogP contribution in [-0.2, 0) is 0 Å². The normalized spacial score (nSPS) is 30.0. The highest BCUT2D eigenvalue weighted by Crippen LogP contribution is 2.29. The maximum absolute atomic E-state index is 6.58. The molecule has 1 aliphatic carbocycles. The lowest BCUT2D eigenvalue weighted by atomic mass is 9.80. The van der Waals surface area contributed by atoms with E-state index in [1.165, 1.54) is 83.7 Å². The molecule has 1 atom stereocenters. The molecule has 2 aliphatic rings. The Morgan fingerprint density at radius 1 is 1.06 bits per heavy atom. The zero-order valence-electron chi connectivity index (χ0n) is 12.3. The van der Waals surface area contributed by atoms with Crippen molar-refractivity contribution < 1.29 is 0 Å². The molecule has 0 radical (unpaired) electrons. The highest BCUT2D eigenvalue weighted by molar-refractivity contribution is 4.89. The second-order valence-corrected chi connectivity index (χ2v) is 6.62. The van der Waals surface area contributed by atoms with E-state index in [2.05, 4.69) is 11.8 Å². The summed E-state index contributed by atoms with van der Waals surface area (Å²) in [6, 6.07) is 0.833. The third-order valence-electron chi connectivity index (χ3n) is 5.22. The van der Waals surface area contributed by atoms with Crippen LogP contribution >= 0.6 is 0 Å². The third-order valence-corrected chi connectivity index (χ3v) is 5.22. The maximum atomic E-state index is 6.58. The van der Waals surface area contributed by atoms with Gasteiger partial charge in [0.15, 0.2) is 0 Å². The molecular formula is C16H32N2. The summed E-state index contributed by atoms with van der Waals surface area (Å²) in [6.45, 7) is 4.91. The molecule has 2 fully saturated rings. The van der Waals surface area contributed by atoms with Gasteiger partial charge in [0.1, 0.15) is 0 Å². The van der Waals surface area contributed by atoms with Gasteiger partial charge >= 0.3 is 0 Å². The highest BCUT2D eigenvalue weighted by atomic mass is 15.2. The van der Waals surface area contributed by atoms with Crippen molar-refractivity contribution in [2.75, 3.05) is 13.1 Å². The summed E-state index contributed by atoms with van der Waals surface area (Å²) in [6.07, 6.45) is 14.9. The van der Waals surface area contributed by atoms with Crippen LogP contribution in [0.1, 0.15) is 77.6 Å². The first-order valence-electron chi connectivity index (χ1n) is 8.26. The second-order valence-electron chi connectivity index (χ2n) is 6.62. The molecule has 0 aromatic heterocycles. The minimum atomic E-state index is 0.169. The molecule has 0 bridgehead atoms. The van der Waals surface area contributed by atoms with Crippen molar-refractivity contribution in [1.82, 2.24) is 4.90 Å². The van der Waals surface area contributed by atoms with Gasteiger partial charge in [0.05, 0.1) is 0 Å². The molecular weight excluding hydrogens is 220 g/mol. The Kier molecular flexibility index (Phi) is 5.50. The molecule has 1 saturated heterocycles. The van der Waals surface area contributed by atoms with E-state index in [1.54, 1.807) is 0 Å². The van der Waals surface area contributed by atoms with Gasteiger partial charge in [-0.2, -0.15) is 0 Å². The summed E-state index contributed by atoms with van der Waals surface area (Å²) >= 11 is 0. The van der Waals surface area contributed by atoms with Crippen LogP contribution in [0.2, 0.25) is 0 Å². The first kappa shape index (κ1) is 14.3. The molecule has 0 spiro atoms. The Balaban J connectivity index is 1.82. The quantitative estimate of drug-likeness (QED) is 0.827. The van der Waals surface area contributed by atoms with Crippen LogP contribution in [-0.4, -0.2) is 29.6 Å². The van der Waals surface area contributed by atoms with E-state index in [0.29, 0.717) is 0 Å². The molecule has 2 N–H and O–H groups in total. The van der Waals surface area contributed by atoms with Crippen LogP contribution in [0, 0.1) is 0 Å². The fourth-order valence-electron chi connectivity index (χ4n) is 3.87. The lowest BCUT2D eigenvalue weighted by Crippen LogP contribution is -2.46. The number of hydrogen-bond acceptors (Lipinski definition) is 2. The Morgan fingerprint density at radius 2 is 1.78 bits per heavy atom. The topological polar surface area (TPSA) is 29.3 Å². The average Bonchev–Trinajstić information content (AvgIpc) is 2.62. The van der Waals surface area contributed by atoms with Gasteiger partial charge in [-0.15, -0.1) is 0 Å². The van der Waals surface area contributed by atoms with Gasteiger partial charge in [-0.1, -0.05) is 39.0 Å². The first-order valence-corrected chi connectivity index (χ1v) is 8.26. The van der Waals surface area contributed by atoms with Gasteiger partial charge in [-0.25, -0.2) is 0 Å². The summed E-state index contributed by atoms with van der Waals surface area (Å²) in [7, 11) is 0. The van der Waals surface area contributed by atoms with Crippen LogP contribution in [0.5, 0.6) is 0 Å². The van der Waals surface area contributed by atoms with Crippen molar-refractivity contribution in [2.24, 2.45) is 5.73 Å². The molecule has 0 aromatic rings. The average molecular weight is 252 g/mol. The Labute approximate surface area is 113 Å². The Bertz CT molecular complexity index is 233. The monoisotopic (exact) mass is 252 g/mol. The summed E-state index contributed by atoms with van der Waals surface area (Å²) in [5.41, 5.74) is 6.75. The SMILES string of the molecule is CCC1CCCCCN1CCC1(N)CCCCC1. The van der Waals surface area contributed by atoms with Crippen molar-refractivity contribution in [1.29, 1.82) is 0 Å². The van der Waals surface area contributed by atoms with Crippen molar-refractivity contribution in [3.63, 3.8) is 0 Å². The van der Waals surface area contributed by atoms with Gasteiger partial charge in [0.25, 0.3) is 0 Å². The molecule has 106 valence electrons. The maximum Gasteiger partial charge on any atom is 0.0166 e. The molecule has 1 aliphatic heterocycles. The minimum Gasteiger partial charge on any atom is -0.325 e. The molecule has 18 heavy (non-hydrogen) atoms. The van der Waals surface area contributed by atoms with E-state index >= 15 is 0 Å². The Morgan fingerprint density at radius 3 is 2.50 bits per heavy atom. The van der Waals surface area contributed by atoms with Crippen molar-refractivity contribution in [2.45, 2.75) is 89.1 Å². The van der Waals surface area contributed by atoms with Crippen LogP contribution < -0.4 is 5.73 Å². The minimum absolute atomic E-state index is 0.169. The van der Waals surface area contributed by atoms with E-state index in [-0.39, 0.29) is 5.54 Å². The van der Waals surface area contributed by atoms with Crippen LogP contribution in [0.3, 0.4) is 0 Å². The van der Waals surface area contributed by atoms with E-state index in [1.807, 2.05) is 0 Å². The predicted molar refractivity (Wildman–Crippen MR) is 78.7 cm³/mol. The number of hydrogen-bond donors (Lipinski definition) is 1. The van der Waals surface area contributed by atoms with Crippen LogP contribution in [0.15, 0.2) is 0 Å². The molecule has 2 heteroatoms. The lowest BCUT2D eigenvalue weighted by molar-refractivity contribution is 0.161. The Hall–Kier alpha value is -0.0800. The number of nitrogens with zero attached hydrogens (tertiary/aromatic N) is 1. The molecule has 1 saturated carbocycles. The van der Waals surface area contributed by atoms with Gasteiger partial charge in [0, 0.05) is 18.1 Å².